The van der Waals surface area contributed by atoms with E-state index in [1.807, 2.05) is 41.3 Å². The number of carbonyl (C=O) groups excluding carboxylic acids is 1. The normalized spacial score (nSPS) is 16.9. The first-order valence-corrected chi connectivity index (χ1v) is 11.0. The summed E-state index contributed by atoms with van der Waals surface area (Å²) in [5, 5.41) is 10.6. The van der Waals surface area contributed by atoms with E-state index in [9.17, 15) is 4.79 Å². The van der Waals surface area contributed by atoms with Crippen LogP contribution in [0.2, 0.25) is 5.02 Å². The Labute approximate surface area is 184 Å². The minimum Gasteiger partial charge on any atom is -0.338 e. The lowest BCUT2D eigenvalue weighted by atomic mass is 10.2. The predicted molar refractivity (Wildman–Crippen MR) is 120 cm³/mol. The first-order valence-electron chi connectivity index (χ1n) is 10.6. The molecule has 156 valence electrons. The van der Waals surface area contributed by atoms with Crippen LogP contribution in [0.15, 0.2) is 48.5 Å². The molecule has 0 unspecified atom stereocenters. The van der Waals surface area contributed by atoms with E-state index in [-0.39, 0.29) is 5.91 Å². The van der Waals surface area contributed by atoms with Crippen LogP contribution in [-0.4, -0.2) is 56.6 Å². The maximum atomic E-state index is 12.9. The molecule has 7 nitrogen and oxygen atoms in total. The Morgan fingerprint density at radius 2 is 1.68 bits per heavy atom. The van der Waals surface area contributed by atoms with Crippen molar-refractivity contribution in [2.75, 3.05) is 31.1 Å². The van der Waals surface area contributed by atoms with Gasteiger partial charge in [0.25, 0.3) is 5.91 Å². The lowest BCUT2D eigenvalue weighted by Crippen LogP contribution is -2.49. The van der Waals surface area contributed by atoms with Crippen LogP contribution in [0.5, 0.6) is 0 Å². The van der Waals surface area contributed by atoms with Crippen molar-refractivity contribution in [3.8, 4) is 0 Å². The minimum absolute atomic E-state index is 0.0233. The zero-order valence-corrected chi connectivity index (χ0v) is 17.7. The van der Waals surface area contributed by atoms with Crippen LogP contribution >= 0.6 is 11.6 Å². The van der Waals surface area contributed by atoms with Crippen LogP contribution in [0.1, 0.15) is 34.9 Å². The van der Waals surface area contributed by atoms with Gasteiger partial charge in [-0.15, -0.1) is 10.2 Å². The summed E-state index contributed by atoms with van der Waals surface area (Å²) in [6.07, 6.45) is 2.29. The number of aromatic nitrogens is 4. The van der Waals surface area contributed by atoms with Gasteiger partial charge in [-0.3, -0.25) is 4.79 Å². The van der Waals surface area contributed by atoms with E-state index in [4.69, 9.17) is 16.6 Å². The van der Waals surface area contributed by atoms with Crippen LogP contribution in [0.4, 0.5) is 5.95 Å². The van der Waals surface area contributed by atoms with Crippen LogP contribution < -0.4 is 4.90 Å². The van der Waals surface area contributed by atoms with Gasteiger partial charge in [0.2, 0.25) is 5.95 Å². The number of anilines is 1. The largest absolute Gasteiger partial charge is 0.338 e. The number of nitrogens with zero attached hydrogens (tertiary/aromatic N) is 6. The maximum Gasteiger partial charge on any atom is 0.255 e. The molecular weight excluding hydrogens is 412 g/mol. The van der Waals surface area contributed by atoms with Crippen molar-refractivity contribution in [3.63, 3.8) is 0 Å². The number of para-hydroxylation sites is 1. The number of halogens is 1. The van der Waals surface area contributed by atoms with E-state index in [0.717, 1.165) is 41.2 Å². The molecule has 2 aromatic carbocycles. The molecule has 0 atom stereocenters. The van der Waals surface area contributed by atoms with Gasteiger partial charge < -0.3 is 9.80 Å². The maximum absolute atomic E-state index is 12.9. The number of amides is 1. The van der Waals surface area contributed by atoms with Crippen LogP contribution in [0.3, 0.4) is 0 Å². The molecule has 1 aliphatic heterocycles. The Bertz CT molecular complexity index is 1310. The third-order valence-electron chi connectivity index (χ3n) is 6.15. The van der Waals surface area contributed by atoms with Gasteiger partial charge in [0.1, 0.15) is 5.82 Å². The Morgan fingerprint density at radius 1 is 0.935 bits per heavy atom. The molecule has 0 bridgehead atoms. The van der Waals surface area contributed by atoms with Gasteiger partial charge in [0.15, 0.2) is 5.65 Å². The summed E-state index contributed by atoms with van der Waals surface area (Å²) in [6, 6.07) is 15.3. The third kappa shape index (κ3) is 3.11. The number of hydrogen-bond donors (Lipinski definition) is 0. The molecule has 2 fully saturated rings. The first kappa shape index (κ1) is 18.6. The molecule has 0 spiro atoms. The second-order valence-electron chi connectivity index (χ2n) is 8.18. The van der Waals surface area contributed by atoms with Crippen molar-refractivity contribution >= 4 is 40.0 Å². The highest BCUT2D eigenvalue weighted by Crippen LogP contribution is 2.40. The third-order valence-corrected chi connectivity index (χ3v) is 6.48. The highest BCUT2D eigenvalue weighted by molar-refractivity contribution is 6.33. The van der Waals surface area contributed by atoms with E-state index in [0.29, 0.717) is 42.7 Å². The molecule has 1 saturated heterocycles. The summed E-state index contributed by atoms with van der Waals surface area (Å²) in [6.45, 7) is 2.61. The van der Waals surface area contributed by atoms with E-state index in [2.05, 4.69) is 19.5 Å². The zero-order chi connectivity index (χ0) is 20.9. The van der Waals surface area contributed by atoms with Crippen LogP contribution in [0.25, 0.3) is 16.6 Å². The average Bonchev–Trinajstić information content (AvgIpc) is 3.56. The molecule has 3 heterocycles. The molecule has 31 heavy (non-hydrogen) atoms. The second-order valence-corrected chi connectivity index (χ2v) is 8.59. The quantitative estimate of drug-likeness (QED) is 0.493. The fourth-order valence-corrected chi connectivity index (χ4v) is 4.53. The molecule has 0 radical (unpaired) electrons. The summed E-state index contributed by atoms with van der Waals surface area (Å²) < 4.78 is 2.13. The van der Waals surface area contributed by atoms with Gasteiger partial charge in [-0.2, -0.15) is 0 Å². The van der Waals surface area contributed by atoms with Crippen molar-refractivity contribution < 1.29 is 4.79 Å². The first-order chi connectivity index (χ1) is 15.2. The monoisotopic (exact) mass is 432 g/mol. The predicted octanol–water partition coefficient (Wildman–Crippen LogP) is 3.77. The fourth-order valence-electron chi connectivity index (χ4n) is 4.32. The highest BCUT2D eigenvalue weighted by atomic mass is 35.5. The molecule has 6 rings (SSSR count). The number of rotatable bonds is 3. The van der Waals surface area contributed by atoms with E-state index in [1.165, 1.54) is 0 Å². The molecular formula is C23H21ClN6O. The van der Waals surface area contributed by atoms with Gasteiger partial charge in [-0.05, 0) is 37.1 Å². The Balaban J connectivity index is 1.34. The lowest BCUT2D eigenvalue weighted by molar-refractivity contribution is 0.0746. The molecule has 8 heteroatoms. The summed E-state index contributed by atoms with van der Waals surface area (Å²) in [4.78, 5) is 22.0. The number of piperazine rings is 1. The number of fused-ring (bicyclic) bond motifs is 3. The molecule has 4 aromatic rings. The van der Waals surface area contributed by atoms with Gasteiger partial charge >= 0.3 is 0 Å². The Kier molecular flexibility index (Phi) is 4.31. The Hall–Kier alpha value is -3.19. The summed E-state index contributed by atoms with van der Waals surface area (Å²) in [5.41, 5.74) is 2.32. The highest BCUT2D eigenvalue weighted by Gasteiger charge is 2.32. The van der Waals surface area contributed by atoms with Crippen molar-refractivity contribution in [3.05, 3.63) is 64.9 Å². The lowest BCUT2D eigenvalue weighted by Gasteiger charge is -2.35. The van der Waals surface area contributed by atoms with E-state index < -0.39 is 0 Å². The number of carbonyl (C=O) groups is 1. The van der Waals surface area contributed by atoms with Gasteiger partial charge in [0.05, 0.1) is 16.1 Å². The van der Waals surface area contributed by atoms with Crippen molar-refractivity contribution in [1.29, 1.82) is 0 Å². The Morgan fingerprint density at radius 3 is 2.45 bits per heavy atom. The number of hydrogen-bond acceptors (Lipinski definition) is 5. The van der Waals surface area contributed by atoms with Crippen molar-refractivity contribution in [1.82, 2.24) is 24.5 Å². The van der Waals surface area contributed by atoms with Crippen molar-refractivity contribution in [2.24, 2.45) is 0 Å². The van der Waals surface area contributed by atoms with Crippen molar-refractivity contribution in [2.45, 2.75) is 18.8 Å². The van der Waals surface area contributed by atoms with Gasteiger partial charge in [-0.25, -0.2) is 9.38 Å². The average molecular weight is 433 g/mol. The molecule has 1 saturated carbocycles. The fraction of sp³-hybridized carbons (Fsp3) is 0.304. The molecule has 2 aromatic heterocycles. The van der Waals surface area contributed by atoms with Gasteiger partial charge in [0, 0.05) is 37.5 Å². The molecule has 0 N–H and O–H groups in total. The zero-order valence-electron chi connectivity index (χ0n) is 16.9. The SMILES string of the molecule is O=C(c1ccccc1Cl)N1CCN(c2nc3ccccc3c3nnc(C4CC4)n23)CC1. The van der Waals surface area contributed by atoms with Crippen LogP contribution in [-0.2, 0) is 0 Å². The smallest absolute Gasteiger partial charge is 0.255 e. The molecule has 1 aliphatic carbocycles. The molecule has 2 aliphatic rings. The van der Waals surface area contributed by atoms with E-state index in [1.54, 1.807) is 12.1 Å². The van der Waals surface area contributed by atoms with E-state index >= 15 is 0 Å². The second kappa shape index (κ2) is 7.20. The summed E-state index contributed by atoms with van der Waals surface area (Å²) in [5.74, 6) is 2.30. The molecule has 1 amide bonds. The minimum atomic E-state index is -0.0233. The summed E-state index contributed by atoms with van der Waals surface area (Å²) >= 11 is 6.24. The van der Waals surface area contributed by atoms with Crippen LogP contribution in [0, 0.1) is 0 Å². The summed E-state index contributed by atoms with van der Waals surface area (Å²) in [7, 11) is 0. The topological polar surface area (TPSA) is 66.6 Å². The van der Waals surface area contributed by atoms with Gasteiger partial charge in [-0.1, -0.05) is 35.9 Å². The number of benzene rings is 2. The standard InChI is InChI=1S/C23H21ClN6O/c24-18-7-3-1-5-16(18)22(31)28-11-13-29(14-12-28)23-25-19-8-4-2-6-17(19)21-27-26-20(30(21)23)15-9-10-15/h1-8,15H,9-14H2.